The number of methoxy groups -OCH3 is 1. The lowest BCUT2D eigenvalue weighted by atomic mass is 9.85. The van der Waals surface area contributed by atoms with Crippen LogP contribution in [0.15, 0.2) is 17.3 Å². The predicted octanol–water partition coefficient (Wildman–Crippen LogP) is 3.99. The third-order valence-corrected chi connectivity index (χ3v) is 10.8. The van der Waals surface area contributed by atoms with Gasteiger partial charge < -0.3 is 35.2 Å². The number of Topliss-reactive ketones (excluding diaryl/α,β-unsaturated/α-hetero) is 1. The molecule has 4 amide bonds. The lowest BCUT2D eigenvalue weighted by molar-refractivity contribution is -0.144. The molecule has 4 atom stereocenters. The molecule has 1 aromatic carbocycles. The first-order chi connectivity index (χ1) is 24.2. The van der Waals surface area contributed by atoms with Crippen LogP contribution < -0.4 is 20.7 Å². The maximum Gasteiger partial charge on any atom is 0.408 e. The number of ketones is 1. The van der Waals surface area contributed by atoms with E-state index in [0.29, 0.717) is 18.6 Å². The van der Waals surface area contributed by atoms with Gasteiger partial charge in [-0.3, -0.25) is 19.2 Å². The van der Waals surface area contributed by atoms with Gasteiger partial charge in [-0.25, -0.2) is 4.79 Å². The second-order valence-electron chi connectivity index (χ2n) is 16.4. The molecule has 3 aliphatic carbocycles. The molecule has 1 aromatic rings. The Balaban J connectivity index is 1.25. The van der Waals surface area contributed by atoms with Crippen LogP contribution in [-0.4, -0.2) is 89.7 Å². The molecule has 5 aliphatic rings. The highest BCUT2D eigenvalue weighted by Gasteiger charge is 2.56. The Morgan fingerprint density at radius 2 is 1.67 bits per heavy atom. The van der Waals surface area contributed by atoms with Gasteiger partial charge in [-0.15, -0.1) is 0 Å². The molecule has 3 N–H and O–H groups in total. The van der Waals surface area contributed by atoms with Gasteiger partial charge in [-0.1, -0.05) is 38.8 Å². The van der Waals surface area contributed by atoms with Gasteiger partial charge >= 0.3 is 6.09 Å². The normalized spacial score (nSPS) is 24.4. The van der Waals surface area contributed by atoms with Crippen LogP contribution in [0.1, 0.15) is 108 Å². The summed E-state index contributed by atoms with van der Waals surface area (Å²) in [6.45, 7) is 9.48. The number of hydrogen-bond acceptors (Lipinski definition) is 9. The molecule has 13 heteroatoms. The summed E-state index contributed by atoms with van der Waals surface area (Å²) in [4.78, 5) is 75.8. The molecule has 0 unspecified atom stereocenters. The minimum absolute atomic E-state index is 0.00397. The van der Waals surface area contributed by atoms with Crippen LogP contribution in [0.2, 0.25) is 0 Å². The standard InChI is InChI=1S/C38H53N5O8/c1-21-15-24(16-22(2)31(21)49-6)28-18-38(51-42-28)19-29(33(45)40-27(17-23-11-12-23)30(44)34(46)39-25-13-14-25)43(20-38)35(47)32(37(3,4)5)41-36(48)50-26-9-7-8-10-26/h15-16,23,25-27,29,32H,7-14,17-20H2,1-6H3,(H,39,46)(H,40,45)(H,41,48)/t27-,29-,32+,38+/m0/s1. The van der Waals surface area contributed by atoms with Crippen LogP contribution >= 0.6 is 0 Å². The van der Waals surface area contributed by atoms with E-state index in [1.54, 1.807) is 7.11 Å². The van der Waals surface area contributed by atoms with Crippen molar-refractivity contribution in [1.29, 1.82) is 0 Å². The first kappa shape index (κ1) is 36.6. The molecule has 278 valence electrons. The molecule has 0 bridgehead atoms. The second-order valence-corrected chi connectivity index (χ2v) is 16.4. The number of amides is 4. The predicted molar refractivity (Wildman–Crippen MR) is 188 cm³/mol. The van der Waals surface area contributed by atoms with E-state index in [1.165, 1.54) is 4.90 Å². The number of likely N-dealkylation sites (tertiary alicyclic amines) is 1. The van der Waals surface area contributed by atoms with Gasteiger partial charge in [-0.05, 0) is 93.4 Å². The van der Waals surface area contributed by atoms with Gasteiger partial charge in [-0.2, -0.15) is 0 Å². The van der Waals surface area contributed by atoms with E-state index in [1.807, 2.05) is 46.8 Å². The smallest absolute Gasteiger partial charge is 0.408 e. The summed E-state index contributed by atoms with van der Waals surface area (Å²) < 4.78 is 11.2. The van der Waals surface area contributed by atoms with Crippen molar-refractivity contribution in [3.8, 4) is 5.75 Å². The topological polar surface area (TPSA) is 165 Å². The number of carbonyl (C=O) groups is 5. The van der Waals surface area contributed by atoms with Gasteiger partial charge in [0.05, 0.1) is 25.4 Å². The monoisotopic (exact) mass is 707 g/mol. The molecular weight excluding hydrogens is 654 g/mol. The van der Waals surface area contributed by atoms with E-state index in [-0.39, 0.29) is 31.0 Å². The number of aryl methyl sites for hydroxylation is 2. The molecule has 3 saturated carbocycles. The first-order valence-electron chi connectivity index (χ1n) is 18.5. The number of nitrogens with one attached hydrogen (secondary N) is 3. The third kappa shape index (κ3) is 8.49. The molecule has 0 aromatic heterocycles. The van der Waals surface area contributed by atoms with Crippen molar-refractivity contribution < 1.29 is 38.3 Å². The van der Waals surface area contributed by atoms with Gasteiger partial charge in [0.1, 0.15) is 23.9 Å². The van der Waals surface area contributed by atoms with Crippen molar-refractivity contribution in [1.82, 2.24) is 20.9 Å². The molecule has 6 rings (SSSR count). The van der Waals surface area contributed by atoms with E-state index >= 15 is 0 Å². The highest BCUT2D eigenvalue weighted by atomic mass is 16.7. The van der Waals surface area contributed by atoms with Crippen LogP contribution in [0, 0.1) is 25.2 Å². The maximum atomic E-state index is 14.6. The molecular formula is C38H53N5O8. The Kier molecular flexibility index (Phi) is 10.4. The van der Waals surface area contributed by atoms with Crippen molar-refractivity contribution in [2.45, 2.75) is 141 Å². The Hall–Kier alpha value is -4.16. The highest BCUT2D eigenvalue weighted by molar-refractivity contribution is 6.38. The fourth-order valence-corrected chi connectivity index (χ4v) is 7.68. The Morgan fingerprint density at radius 1 is 1.00 bits per heavy atom. The maximum absolute atomic E-state index is 14.6. The number of carbonyl (C=O) groups excluding carboxylic acids is 5. The number of benzene rings is 1. The number of ether oxygens (including phenoxy) is 2. The number of nitrogens with zero attached hydrogens (tertiary/aromatic N) is 2. The molecule has 2 heterocycles. The van der Waals surface area contributed by atoms with Crippen LogP contribution in [0.3, 0.4) is 0 Å². The van der Waals surface area contributed by atoms with Crippen molar-refractivity contribution in [2.75, 3.05) is 13.7 Å². The first-order valence-corrected chi connectivity index (χ1v) is 18.5. The van der Waals surface area contributed by atoms with E-state index in [4.69, 9.17) is 14.3 Å². The fourth-order valence-electron chi connectivity index (χ4n) is 7.68. The van der Waals surface area contributed by atoms with E-state index in [9.17, 15) is 24.0 Å². The number of alkyl carbamates (subject to hydrolysis) is 1. The van der Waals surface area contributed by atoms with E-state index < -0.39 is 58.7 Å². The average Bonchev–Trinajstić information content (AvgIpc) is 3.93. The minimum atomic E-state index is -1.05. The highest BCUT2D eigenvalue weighted by Crippen LogP contribution is 2.41. The Morgan fingerprint density at radius 3 is 2.25 bits per heavy atom. The van der Waals surface area contributed by atoms with Crippen LogP contribution in [-0.2, 0) is 28.8 Å². The quantitative estimate of drug-likeness (QED) is 0.275. The van der Waals surface area contributed by atoms with Crippen molar-refractivity contribution in [3.05, 3.63) is 28.8 Å². The van der Waals surface area contributed by atoms with Crippen molar-refractivity contribution in [3.63, 3.8) is 0 Å². The number of oxime groups is 1. The van der Waals surface area contributed by atoms with Crippen molar-refractivity contribution in [2.24, 2.45) is 16.5 Å². The summed E-state index contributed by atoms with van der Waals surface area (Å²) in [7, 11) is 1.63. The molecule has 51 heavy (non-hydrogen) atoms. The van der Waals surface area contributed by atoms with Gasteiger partial charge in [0.25, 0.3) is 5.91 Å². The molecule has 4 fully saturated rings. The SMILES string of the molecule is COc1c(C)cc(C2=NO[C@]3(C2)C[C@@H](C(=O)N[C@@H](CC2CC2)C(=O)C(=O)NC2CC2)N(C(=O)[C@@H](NC(=O)OC2CCCC2)C(C)(C)C)C3)cc1C. The van der Waals surface area contributed by atoms with Gasteiger partial charge in [0, 0.05) is 24.4 Å². The molecule has 1 spiro atoms. The Labute approximate surface area is 299 Å². The average molecular weight is 708 g/mol. The Bertz CT molecular complexity index is 1570. The van der Waals surface area contributed by atoms with Crippen LogP contribution in [0.5, 0.6) is 5.75 Å². The summed E-state index contributed by atoms with van der Waals surface area (Å²) in [6, 6.07) is 0.854. The molecule has 2 aliphatic heterocycles. The number of rotatable bonds is 12. The molecule has 13 nitrogen and oxygen atoms in total. The van der Waals surface area contributed by atoms with E-state index in [2.05, 4.69) is 21.1 Å². The number of hydrogen-bond donors (Lipinski definition) is 3. The zero-order valence-electron chi connectivity index (χ0n) is 30.8. The molecule has 1 saturated heterocycles. The largest absolute Gasteiger partial charge is 0.496 e. The van der Waals surface area contributed by atoms with Crippen LogP contribution in [0.4, 0.5) is 4.79 Å². The minimum Gasteiger partial charge on any atom is -0.496 e. The zero-order valence-corrected chi connectivity index (χ0v) is 30.8. The van der Waals surface area contributed by atoms with Gasteiger partial charge in [0.2, 0.25) is 17.6 Å². The summed E-state index contributed by atoms with van der Waals surface area (Å²) in [6.07, 6.45) is 6.97. The molecule has 0 radical (unpaired) electrons. The lowest BCUT2D eigenvalue weighted by Crippen LogP contribution is -2.59. The van der Waals surface area contributed by atoms with Crippen LogP contribution in [0.25, 0.3) is 0 Å². The second kappa shape index (κ2) is 14.5. The summed E-state index contributed by atoms with van der Waals surface area (Å²) in [5.74, 6) is -1.36. The van der Waals surface area contributed by atoms with Crippen molar-refractivity contribution >= 4 is 35.3 Å². The summed E-state index contributed by atoms with van der Waals surface area (Å²) in [5.41, 5.74) is 1.65. The summed E-state index contributed by atoms with van der Waals surface area (Å²) in [5, 5.41) is 12.9. The van der Waals surface area contributed by atoms with Gasteiger partial charge in [0.15, 0.2) is 5.60 Å². The fraction of sp³-hybridized carbons (Fsp3) is 0.684. The lowest BCUT2D eigenvalue weighted by Gasteiger charge is -2.35. The van der Waals surface area contributed by atoms with E-state index in [0.717, 1.165) is 73.8 Å². The third-order valence-electron chi connectivity index (χ3n) is 10.8. The summed E-state index contributed by atoms with van der Waals surface area (Å²) >= 11 is 0. The zero-order chi connectivity index (χ0) is 36.7.